The first-order chi connectivity index (χ1) is 12.1. The van der Waals surface area contributed by atoms with Crippen LogP contribution in [-0.2, 0) is 16.0 Å². The van der Waals surface area contributed by atoms with E-state index in [1.54, 1.807) is 36.4 Å². The minimum atomic E-state index is -1.19. The zero-order valence-electron chi connectivity index (χ0n) is 14.0. The number of carbonyl (C=O) groups excluding carboxylic acids is 2. The van der Waals surface area contributed by atoms with E-state index in [-0.39, 0.29) is 18.0 Å². The van der Waals surface area contributed by atoms with Crippen molar-refractivity contribution in [2.45, 2.75) is 19.3 Å². The molecule has 1 unspecified atom stereocenters. The van der Waals surface area contributed by atoms with Gasteiger partial charge in [0.15, 0.2) is 5.78 Å². The van der Waals surface area contributed by atoms with E-state index in [4.69, 9.17) is 4.74 Å². The van der Waals surface area contributed by atoms with E-state index in [2.05, 4.69) is 0 Å². The lowest BCUT2D eigenvalue weighted by Gasteiger charge is -2.33. The van der Waals surface area contributed by atoms with Gasteiger partial charge < -0.3 is 4.74 Å². The number of carbonyl (C=O) groups is 2. The summed E-state index contributed by atoms with van der Waals surface area (Å²) in [4.78, 5) is 25.5. The minimum Gasteiger partial charge on any atom is -0.468 e. The van der Waals surface area contributed by atoms with Crippen LogP contribution in [0.15, 0.2) is 54.6 Å². The summed E-state index contributed by atoms with van der Waals surface area (Å²) in [5.41, 5.74) is 1.17. The van der Waals surface area contributed by atoms with Crippen LogP contribution in [0.1, 0.15) is 34.3 Å². The smallest absolute Gasteiger partial charge is 0.320 e. The van der Waals surface area contributed by atoms with Crippen LogP contribution in [-0.4, -0.2) is 18.9 Å². The fourth-order valence-electron chi connectivity index (χ4n) is 3.32. The van der Waals surface area contributed by atoms with Gasteiger partial charge in [-0.1, -0.05) is 48.6 Å². The molecule has 0 N–H and O–H groups in total. The van der Waals surface area contributed by atoms with E-state index in [1.807, 2.05) is 12.1 Å². The summed E-state index contributed by atoms with van der Waals surface area (Å²) in [6, 6.07) is 13.4. The lowest BCUT2D eigenvalue weighted by Crippen LogP contribution is -2.43. The molecule has 1 aliphatic carbocycles. The van der Waals surface area contributed by atoms with Crippen LogP contribution in [0.3, 0.4) is 0 Å². The van der Waals surface area contributed by atoms with Crippen molar-refractivity contribution in [1.82, 2.24) is 0 Å². The Morgan fingerprint density at radius 2 is 1.92 bits per heavy atom. The molecule has 0 bridgehead atoms. The molecule has 3 rings (SSSR count). The van der Waals surface area contributed by atoms with Crippen LogP contribution in [0.4, 0.5) is 4.39 Å². The van der Waals surface area contributed by atoms with Crippen molar-refractivity contribution in [3.63, 3.8) is 0 Å². The van der Waals surface area contributed by atoms with Gasteiger partial charge in [0.2, 0.25) is 0 Å². The molecule has 0 spiro atoms. The maximum absolute atomic E-state index is 13.0. The molecule has 25 heavy (non-hydrogen) atoms. The largest absolute Gasteiger partial charge is 0.468 e. The third-order valence-electron chi connectivity index (χ3n) is 4.74. The second-order valence-electron chi connectivity index (χ2n) is 6.22. The maximum Gasteiger partial charge on any atom is 0.320 e. The molecule has 0 aliphatic heterocycles. The second kappa shape index (κ2) is 7.01. The highest BCUT2D eigenvalue weighted by molar-refractivity contribution is 6.14. The molecule has 2 aromatic rings. The van der Waals surface area contributed by atoms with Gasteiger partial charge in [-0.25, -0.2) is 4.39 Å². The molecule has 2 aromatic carbocycles. The highest BCUT2D eigenvalue weighted by Gasteiger charge is 2.48. The lowest BCUT2D eigenvalue weighted by molar-refractivity contribution is -0.150. The molecule has 0 saturated heterocycles. The molecular weight excluding hydrogens is 319 g/mol. The zero-order chi connectivity index (χ0) is 17.9. The quantitative estimate of drug-likeness (QED) is 0.619. The summed E-state index contributed by atoms with van der Waals surface area (Å²) in [7, 11) is 1.31. The number of rotatable bonds is 4. The number of halogens is 1. The van der Waals surface area contributed by atoms with Crippen molar-refractivity contribution in [3.05, 3.63) is 77.1 Å². The number of esters is 1. The third-order valence-corrected chi connectivity index (χ3v) is 4.74. The summed E-state index contributed by atoms with van der Waals surface area (Å²) < 4.78 is 17.9. The van der Waals surface area contributed by atoms with Gasteiger partial charge in [0.25, 0.3) is 0 Å². The first-order valence-electron chi connectivity index (χ1n) is 8.20. The Morgan fingerprint density at radius 1 is 1.20 bits per heavy atom. The molecule has 0 heterocycles. The Morgan fingerprint density at radius 3 is 2.64 bits per heavy atom. The van der Waals surface area contributed by atoms with Gasteiger partial charge in [-0.3, -0.25) is 9.59 Å². The highest BCUT2D eigenvalue weighted by atomic mass is 19.1. The van der Waals surface area contributed by atoms with Crippen molar-refractivity contribution in [1.29, 1.82) is 0 Å². The molecule has 0 fully saturated rings. The summed E-state index contributed by atoms with van der Waals surface area (Å²) >= 11 is 0. The van der Waals surface area contributed by atoms with Crippen molar-refractivity contribution < 1.29 is 18.7 Å². The molecular formula is C21H19FO3. The number of ether oxygens (including phenoxy) is 1. The number of hydrogen-bond acceptors (Lipinski definition) is 3. The monoisotopic (exact) mass is 338 g/mol. The van der Waals surface area contributed by atoms with E-state index in [1.165, 1.54) is 19.2 Å². The number of aryl methyl sites for hydroxylation is 1. The van der Waals surface area contributed by atoms with Crippen LogP contribution in [0.5, 0.6) is 0 Å². The van der Waals surface area contributed by atoms with Gasteiger partial charge in [-0.15, -0.1) is 0 Å². The van der Waals surface area contributed by atoms with Crippen molar-refractivity contribution in [2.75, 3.05) is 7.11 Å². The minimum absolute atomic E-state index is 0.190. The number of Topliss-reactive ketones (excluding diaryl/α,β-unsaturated/α-hetero) is 1. The second-order valence-corrected chi connectivity index (χ2v) is 6.22. The van der Waals surface area contributed by atoms with Crippen molar-refractivity contribution >= 4 is 17.8 Å². The standard InChI is InChI=1S/C21H19FO3/c1-25-20(24)21(13-4-5-15-8-10-17(22)11-9-15)14-12-16-6-2-3-7-18(16)19(21)23/h2-11H,12-14H2,1H3/b5-4-. The number of allylic oxidation sites excluding steroid dienone is 1. The van der Waals surface area contributed by atoms with E-state index >= 15 is 0 Å². The average Bonchev–Trinajstić information content (AvgIpc) is 2.65. The van der Waals surface area contributed by atoms with E-state index in [0.717, 1.165) is 11.1 Å². The van der Waals surface area contributed by atoms with Gasteiger partial charge in [-0.2, -0.15) is 0 Å². The highest BCUT2D eigenvalue weighted by Crippen LogP contribution is 2.40. The molecule has 1 aliphatic rings. The zero-order valence-corrected chi connectivity index (χ0v) is 14.0. The fourth-order valence-corrected chi connectivity index (χ4v) is 3.32. The Bertz CT molecular complexity index is 823. The maximum atomic E-state index is 13.0. The Kier molecular flexibility index (Phi) is 4.79. The molecule has 4 heteroatoms. The predicted molar refractivity (Wildman–Crippen MR) is 93.6 cm³/mol. The summed E-state index contributed by atoms with van der Waals surface area (Å²) in [5.74, 6) is -0.997. The summed E-state index contributed by atoms with van der Waals surface area (Å²) in [6.45, 7) is 0. The van der Waals surface area contributed by atoms with Gasteiger partial charge in [0.1, 0.15) is 11.2 Å². The lowest BCUT2D eigenvalue weighted by atomic mass is 9.68. The number of methoxy groups -OCH3 is 1. The first-order valence-corrected chi connectivity index (χ1v) is 8.20. The summed E-state index contributed by atoms with van der Waals surface area (Å²) in [6.07, 6.45) is 4.91. The fraction of sp³-hybridized carbons (Fsp3) is 0.238. The summed E-state index contributed by atoms with van der Waals surface area (Å²) in [5, 5.41) is 0. The number of benzene rings is 2. The predicted octanol–water partition coefficient (Wildman–Crippen LogP) is 4.22. The van der Waals surface area contributed by atoms with E-state index < -0.39 is 11.4 Å². The molecule has 0 saturated carbocycles. The van der Waals surface area contributed by atoms with Crippen LogP contribution >= 0.6 is 0 Å². The van der Waals surface area contributed by atoms with Crippen molar-refractivity contribution in [2.24, 2.45) is 5.41 Å². The van der Waals surface area contributed by atoms with Crippen LogP contribution in [0, 0.1) is 11.2 Å². The number of fused-ring (bicyclic) bond motifs is 1. The number of hydrogen-bond donors (Lipinski definition) is 0. The van der Waals surface area contributed by atoms with Gasteiger partial charge >= 0.3 is 5.97 Å². The van der Waals surface area contributed by atoms with Crippen molar-refractivity contribution in [3.8, 4) is 0 Å². The molecule has 0 aromatic heterocycles. The van der Waals surface area contributed by atoms with E-state index in [0.29, 0.717) is 18.4 Å². The Labute approximate surface area is 146 Å². The van der Waals surface area contributed by atoms with Gasteiger partial charge in [0.05, 0.1) is 7.11 Å². The normalized spacial score (nSPS) is 19.7. The molecule has 128 valence electrons. The van der Waals surface area contributed by atoms with Crippen LogP contribution in [0.2, 0.25) is 0 Å². The number of ketones is 1. The Hall–Kier alpha value is -2.75. The molecule has 3 nitrogen and oxygen atoms in total. The first kappa shape index (κ1) is 17.1. The molecule has 1 atom stereocenters. The van der Waals surface area contributed by atoms with E-state index in [9.17, 15) is 14.0 Å². The Balaban J connectivity index is 1.89. The van der Waals surface area contributed by atoms with Gasteiger partial charge in [-0.05, 0) is 42.5 Å². The topological polar surface area (TPSA) is 43.4 Å². The molecule has 0 amide bonds. The van der Waals surface area contributed by atoms with Gasteiger partial charge in [0, 0.05) is 5.56 Å². The third kappa shape index (κ3) is 3.25. The van der Waals surface area contributed by atoms with Crippen LogP contribution in [0.25, 0.3) is 6.08 Å². The molecule has 0 radical (unpaired) electrons. The SMILES string of the molecule is COC(=O)C1(C/C=C\c2ccc(F)cc2)CCc2ccccc2C1=O. The average molecular weight is 338 g/mol. The van der Waals surface area contributed by atoms with Crippen LogP contribution < -0.4 is 0 Å².